The summed E-state index contributed by atoms with van der Waals surface area (Å²) in [6.07, 6.45) is 1.00. The summed E-state index contributed by atoms with van der Waals surface area (Å²) < 4.78 is 65.3. The summed E-state index contributed by atoms with van der Waals surface area (Å²) in [4.78, 5) is 12.8. The van der Waals surface area contributed by atoms with Gasteiger partial charge in [-0.3, -0.25) is 13.8 Å². The van der Waals surface area contributed by atoms with Crippen LogP contribution in [0.3, 0.4) is 0 Å². The maximum atomic E-state index is 12.9. The van der Waals surface area contributed by atoms with Crippen molar-refractivity contribution in [2.45, 2.75) is 11.8 Å². The second-order valence-electron chi connectivity index (χ2n) is 9.06. The number of sulfonamides is 2. The van der Waals surface area contributed by atoms with E-state index < -0.39 is 32.5 Å². The van der Waals surface area contributed by atoms with Crippen molar-refractivity contribution in [1.82, 2.24) is 0 Å². The SMILES string of the molecule is COc1ccc(C)cc1NS(=O)(=O)c1ccc(NC(=O)CN(c2ccc(Oc3ccccc3)cc2)S(C)(=O)=O)cc1. The number of carbonyl (C=O) groups excluding carboxylic acids is 1. The molecule has 0 aliphatic carbocycles. The topological polar surface area (TPSA) is 131 Å². The Kier molecular flexibility index (Phi) is 8.84. The predicted molar refractivity (Wildman–Crippen MR) is 159 cm³/mol. The molecule has 0 aromatic heterocycles. The van der Waals surface area contributed by atoms with E-state index in [2.05, 4.69) is 10.0 Å². The molecule has 0 radical (unpaired) electrons. The molecule has 0 bridgehead atoms. The first kappa shape index (κ1) is 29.4. The van der Waals surface area contributed by atoms with Crippen LogP contribution in [-0.4, -0.2) is 42.7 Å². The van der Waals surface area contributed by atoms with Gasteiger partial charge in [-0.2, -0.15) is 0 Å². The molecule has 4 aromatic rings. The number of anilines is 3. The average molecular weight is 596 g/mol. The summed E-state index contributed by atoms with van der Waals surface area (Å²) in [5.74, 6) is 0.891. The molecule has 0 spiro atoms. The zero-order chi connectivity index (χ0) is 29.6. The van der Waals surface area contributed by atoms with E-state index in [4.69, 9.17) is 9.47 Å². The van der Waals surface area contributed by atoms with Crippen molar-refractivity contribution in [2.24, 2.45) is 0 Å². The number of ether oxygens (including phenoxy) is 2. The van der Waals surface area contributed by atoms with Crippen LogP contribution < -0.4 is 23.8 Å². The number of amides is 1. The lowest BCUT2D eigenvalue weighted by atomic mass is 10.2. The fourth-order valence-corrected chi connectivity index (χ4v) is 5.78. The molecular formula is C29H29N3O7S2. The Balaban J connectivity index is 1.43. The molecule has 41 heavy (non-hydrogen) atoms. The molecule has 0 saturated heterocycles. The average Bonchev–Trinajstić information content (AvgIpc) is 2.92. The van der Waals surface area contributed by atoms with E-state index >= 15 is 0 Å². The monoisotopic (exact) mass is 595 g/mol. The highest BCUT2D eigenvalue weighted by atomic mass is 32.2. The number of para-hydroxylation sites is 1. The van der Waals surface area contributed by atoms with Gasteiger partial charge in [-0.05, 0) is 85.3 Å². The predicted octanol–water partition coefficient (Wildman–Crippen LogP) is 5.00. The lowest BCUT2D eigenvalue weighted by molar-refractivity contribution is -0.114. The Labute approximate surface area is 239 Å². The first-order valence-corrected chi connectivity index (χ1v) is 15.7. The molecule has 4 aromatic carbocycles. The molecule has 12 heteroatoms. The van der Waals surface area contributed by atoms with E-state index in [0.29, 0.717) is 28.6 Å². The summed E-state index contributed by atoms with van der Waals surface area (Å²) >= 11 is 0. The van der Waals surface area contributed by atoms with Gasteiger partial charge in [0.2, 0.25) is 15.9 Å². The second kappa shape index (κ2) is 12.3. The number of carbonyl (C=O) groups is 1. The Morgan fingerprint density at radius 3 is 2.07 bits per heavy atom. The number of aryl methyl sites for hydroxylation is 1. The quantitative estimate of drug-likeness (QED) is 0.249. The molecule has 4 rings (SSSR count). The van der Waals surface area contributed by atoms with Crippen LogP contribution in [0, 0.1) is 6.92 Å². The molecular weight excluding hydrogens is 566 g/mol. The minimum absolute atomic E-state index is 0.0327. The molecule has 1 amide bonds. The van der Waals surface area contributed by atoms with E-state index in [9.17, 15) is 21.6 Å². The largest absolute Gasteiger partial charge is 0.495 e. The second-order valence-corrected chi connectivity index (χ2v) is 12.6. The van der Waals surface area contributed by atoms with Crippen LogP contribution in [0.2, 0.25) is 0 Å². The van der Waals surface area contributed by atoms with Gasteiger partial charge in [0.05, 0.1) is 29.6 Å². The highest BCUT2D eigenvalue weighted by Crippen LogP contribution is 2.29. The van der Waals surface area contributed by atoms with Crippen LogP contribution in [0.4, 0.5) is 17.1 Å². The standard InChI is InChI=1S/C29H29N3O7S2/c1-21-9-18-28(38-2)27(19-21)31-41(36,37)26-16-10-22(11-17-26)30-29(33)20-32(40(3,34)35)23-12-14-25(15-13-23)39-24-7-5-4-6-8-24/h4-19,31H,20H2,1-3H3,(H,30,33). The van der Waals surface area contributed by atoms with Gasteiger partial charge in [-0.15, -0.1) is 0 Å². The number of hydrogen-bond donors (Lipinski definition) is 2. The van der Waals surface area contributed by atoms with Crippen molar-refractivity contribution >= 4 is 43.0 Å². The number of nitrogens with one attached hydrogen (secondary N) is 2. The zero-order valence-corrected chi connectivity index (χ0v) is 24.2. The van der Waals surface area contributed by atoms with Crippen molar-refractivity contribution in [1.29, 1.82) is 0 Å². The van der Waals surface area contributed by atoms with E-state index in [1.165, 1.54) is 31.4 Å². The Bertz CT molecular complexity index is 1730. The first-order valence-electron chi connectivity index (χ1n) is 12.3. The lowest BCUT2D eigenvalue weighted by Crippen LogP contribution is -2.37. The summed E-state index contributed by atoms with van der Waals surface area (Å²) in [7, 11) is -6.31. The minimum Gasteiger partial charge on any atom is -0.495 e. The van der Waals surface area contributed by atoms with Crippen molar-refractivity contribution < 1.29 is 31.1 Å². The van der Waals surface area contributed by atoms with Gasteiger partial charge in [0.1, 0.15) is 23.8 Å². The third kappa shape index (κ3) is 7.77. The van der Waals surface area contributed by atoms with E-state index in [-0.39, 0.29) is 10.6 Å². The smallest absolute Gasteiger partial charge is 0.262 e. The molecule has 0 aliphatic heterocycles. The van der Waals surface area contributed by atoms with Gasteiger partial charge in [0, 0.05) is 5.69 Å². The van der Waals surface area contributed by atoms with Gasteiger partial charge < -0.3 is 14.8 Å². The summed E-state index contributed by atoms with van der Waals surface area (Å²) in [5.41, 5.74) is 1.72. The molecule has 2 N–H and O–H groups in total. The highest BCUT2D eigenvalue weighted by Gasteiger charge is 2.22. The molecule has 0 heterocycles. The number of methoxy groups -OCH3 is 1. The van der Waals surface area contributed by atoms with Gasteiger partial charge in [0.15, 0.2) is 0 Å². The third-order valence-electron chi connectivity index (χ3n) is 5.84. The number of rotatable bonds is 11. The number of hydrogen-bond acceptors (Lipinski definition) is 7. The maximum absolute atomic E-state index is 12.9. The Morgan fingerprint density at radius 1 is 0.829 bits per heavy atom. The molecule has 10 nitrogen and oxygen atoms in total. The Hall–Kier alpha value is -4.55. The molecule has 0 unspecified atom stereocenters. The van der Waals surface area contributed by atoms with Crippen LogP contribution in [-0.2, 0) is 24.8 Å². The van der Waals surface area contributed by atoms with Crippen molar-refractivity contribution in [3.63, 3.8) is 0 Å². The highest BCUT2D eigenvalue weighted by molar-refractivity contribution is 7.92. The molecule has 214 valence electrons. The Morgan fingerprint density at radius 2 is 1.46 bits per heavy atom. The summed E-state index contributed by atoms with van der Waals surface area (Å²) in [5, 5.41) is 2.61. The number of nitrogens with zero attached hydrogens (tertiary/aromatic N) is 1. The molecule has 0 fully saturated rings. The summed E-state index contributed by atoms with van der Waals surface area (Å²) in [6, 6.07) is 26.0. The van der Waals surface area contributed by atoms with Gasteiger partial charge >= 0.3 is 0 Å². The van der Waals surface area contributed by atoms with Gasteiger partial charge in [-0.1, -0.05) is 24.3 Å². The van der Waals surface area contributed by atoms with E-state index in [1.54, 1.807) is 54.6 Å². The lowest BCUT2D eigenvalue weighted by Gasteiger charge is -2.22. The normalized spacial score (nSPS) is 11.4. The van der Waals surface area contributed by atoms with Gasteiger partial charge in [-0.25, -0.2) is 16.8 Å². The van der Waals surface area contributed by atoms with E-state index in [0.717, 1.165) is 16.1 Å². The minimum atomic E-state index is -3.95. The van der Waals surface area contributed by atoms with E-state index in [1.807, 2.05) is 25.1 Å². The van der Waals surface area contributed by atoms with Crippen LogP contribution in [0.5, 0.6) is 17.2 Å². The fraction of sp³-hybridized carbons (Fsp3) is 0.138. The van der Waals surface area contributed by atoms with Crippen LogP contribution >= 0.6 is 0 Å². The van der Waals surface area contributed by atoms with Crippen LogP contribution in [0.25, 0.3) is 0 Å². The first-order chi connectivity index (χ1) is 19.4. The van der Waals surface area contributed by atoms with Crippen molar-refractivity contribution in [3.05, 3.63) is 103 Å². The third-order valence-corrected chi connectivity index (χ3v) is 8.36. The summed E-state index contributed by atoms with van der Waals surface area (Å²) in [6.45, 7) is 1.33. The van der Waals surface area contributed by atoms with Crippen LogP contribution in [0.1, 0.15) is 5.56 Å². The van der Waals surface area contributed by atoms with Crippen molar-refractivity contribution in [3.8, 4) is 17.2 Å². The van der Waals surface area contributed by atoms with Crippen LogP contribution in [0.15, 0.2) is 102 Å². The van der Waals surface area contributed by atoms with Crippen molar-refractivity contribution in [2.75, 3.05) is 34.3 Å². The zero-order valence-electron chi connectivity index (χ0n) is 22.6. The van der Waals surface area contributed by atoms with Gasteiger partial charge in [0.25, 0.3) is 10.0 Å². The fourth-order valence-electron chi connectivity index (χ4n) is 3.86. The molecule has 0 atom stereocenters. The molecule has 0 aliphatic rings. The number of benzene rings is 4. The maximum Gasteiger partial charge on any atom is 0.262 e. The molecule has 0 saturated carbocycles.